The van der Waals surface area contributed by atoms with Crippen LogP contribution in [-0.2, 0) is 4.79 Å². The van der Waals surface area contributed by atoms with Gasteiger partial charge in [0.1, 0.15) is 0 Å². The summed E-state index contributed by atoms with van der Waals surface area (Å²) in [7, 11) is 2.06. The van der Waals surface area contributed by atoms with Crippen molar-refractivity contribution in [2.45, 2.75) is 39.2 Å². The molecule has 3 N–H and O–H groups in total. The number of nitrogens with one attached hydrogen (secondary N) is 1. The first-order valence-electron chi connectivity index (χ1n) is 5.75. The maximum atomic E-state index is 11.3. The lowest BCUT2D eigenvalue weighted by Crippen LogP contribution is -2.36. The standard InChI is InChI=1S/C11H25N3O/c1-10(2)14(3)9-8-13-11(15)6-4-5-7-12/h10H,4-9,12H2,1-3H3,(H,13,15). The van der Waals surface area contributed by atoms with Crippen molar-refractivity contribution in [2.24, 2.45) is 5.73 Å². The molecule has 0 bridgehead atoms. The van der Waals surface area contributed by atoms with E-state index < -0.39 is 0 Å². The van der Waals surface area contributed by atoms with Gasteiger partial charge in [-0.3, -0.25) is 4.79 Å². The highest BCUT2D eigenvalue weighted by Gasteiger charge is 2.04. The Hall–Kier alpha value is -0.610. The van der Waals surface area contributed by atoms with E-state index in [1.54, 1.807) is 0 Å². The number of likely N-dealkylation sites (N-methyl/N-ethyl adjacent to an activating group) is 1. The highest BCUT2D eigenvalue weighted by molar-refractivity contribution is 5.75. The summed E-state index contributed by atoms with van der Waals surface area (Å²) in [4.78, 5) is 13.5. The molecule has 0 saturated carbocycles. The summed E-state index contributed by atoms with van der Waals surface area (Å²) < 4.78 is 0. The van der Waals surface area contributed by atoms with Gasteiger partial charge in [-0.25, -0.2) is 0 Å². The van der Waals surface area contributed by atoms with Gasteiger partial charge in [-0.05, 0) is 40.3 Å². The van der Waals surface area contributed by atoms with Crippen LogP contribution in [0.2, 0.25) is 0 Å². The summed E-state index contributed by atoms with van der Waals surface area (Å²) in [5.74, 6) is 0.139. The van der Waals surface area contributed by atoms with Crippen molar-refractivity contribution in [3.8, 4) is 0 Å². The Kier molecular flexibility index (Phi) is 8.33. The molecule has 0 aromatic heterocycles. The van der Waals surface area contributed by atoms with Gasteiger partial charge >= 0.3 is 0 Å². The average Bonchev–Trinajstić information content (AvgIpc) is 2.18. The first-order chi connectivity index (χ1) is 7.07. The highest BCUT2D eigenvalue weighted by Crippen LogP contribution is 1.94. The third kappa shape index (κ3) is 8.39. The quantitative estimate of drug-likeness (QED) is 0.582. The molecular formula is C11H25N3O. The maximum Gasteiger partial charge on any atom is 0.220 e. The summed E-state index contributed by atoms with van der Waals surface area (Å²) in [5, 5.41) is 2.91. The fourth-order valence-electron chi connectivity index (χ4n) is 1.15. The van der Waals surface area contributed by atoms with Gasteiger partial charge in [-0.1, -0.05) is 0 Å². The van der Waals surface area contributed by atoms with Crippen molar-refractivity contribution in [1.82, 2.24) is 10.2 Å². The van der Waals surface area contributed by atoms with Gasteiger partial charge < -0.3 is 16.0 Å². The maximum absolute atomic E-state index is 11.3. The van der Waals surface area contributed by atoms with Gasteiger partial charge in [-0.2, -0.15) is 0 Å². The number of unbranched alkanes of at least 4 members (excludes halogenated alkanes) is 1. The molecule has 0 aromatic carbocycles. The number of nitrogens with two attached hydrogens (primary N) is 1. The monoisotopic (exact) mass is 215 g/mol. The molecule has 0 heterocycles. The lowest BCUT2D eigenvalue weighted by Gasteiger charge is -2.20. The van der Waals surface area contributed by atoms with Gasteiger partial charge in [0.15, 0.2) is 0 Å². The Bertz CT molecular complexity index is 171. The molecule has 0 aromatic rings. The molecule has 4 heteroatoms. The van der Waals surface area contributed by atoms with Crippen LogP contribution >= 0.6 is 0 Å². The van der Waals surface area contributed by atoms with Crippen molar-refractivity contribution in [3.63, 3.8) is 0 Å². The third-order valence-electron chi connectivity index (χ3n) is 2.53. The second kappa shape index (κ2) is 8.68. The Balaban J connectivity index is 3.38. The van der Waals surface area contributed by atoms with Crippen LogP contribution in [0, 0.1) is 0 Å². The smallest absolute Gasteiger partial charge is 0.220 e. The van der Waals surface area contributed by atoms with Gasteiger partial charge in [0, 0.05) is 25.6 Å². The van der Waals surface area contributed by atoms with Gasteiger partial charge in [0.2, 0.25) is 5.91 Å². The van der Waals surface area contributed by atoms with E-state index in [1.807, 2.05) is 0 Å². The van der Waals surface area contributed by atoms with Crippen molar-refractivity contribution >= 4 is 5.91 Å². The normalized spacial score (nSPS) is 11.1. The lowest BCUT2D eigenvalue weighted by molar-refractivity contribution is -0.121. The number of nitrogens with zero attached hydrogens (tertiary/aromatic N) is 1. The van der Waals surface area contributed by atoms with Crippen LogP contribution in [0.1, 0.15) is 33.1 Å². The minimum absolute atomic E-state index is 0.139. The van der Waals surface area contributed by atoms with E-state index in [0.717, 1.165) is 25.9 Å². The fourth-order valence-corrected chi connectivity index (χ4v) is 1.15. The van der Waals surface area contributed by atoms with Crippen molar-refractivity contribution in [1.29, 1.82) is 0 Å². The topological polar surface area (TPSA) is 58.4 Å². The molecule has 0 radical (unpaired) electrons. The minimum Gasteiger partial charge on any atom is -0.355 e. The zero-order chi connectivity index (χ0) is 11.7. The van der Waals surface area contributed by atoms with E-state index in [-0.39, 0.29) is 5.91 Å². The third-order valence-corrected chi connectivity index (χ3v) is 2.53. The van der Waals surface area contributed by atoms with Crippen LogP contribution in [0.3, 0.4) is 0 Å². The molecule has 0 rings (SSSR count). The van der Waals surface area contributed by atoms with E-state index in [9.17, 15) is 4.79 Å². The second-order valence-electron chi connectivity index (χ2n) is 4.17. The van der Waals surface area contributed by atoms with E-state index in [1.165, 1.54) is 0 Å². The van der Waals surface area contributed by atoms with Crippen molar-refractivity contribution in [2.75, 3.05) is 26.7 Å². The number of rotatable bonds is 8. The number of carbonyl (C=O) groups excluding carboxylic acids is 1. The van der Waals surface area contributed by atoms with E-state index in [2.05, 4.69) is 31.1 Å². The van der Waals surface area contributed by atoms with E-state index in [0.29, 0.717) is 19.0 Å². The molecule has 15 heavy (non-hydrogen) atoms. The lowest BCUT2D eigenvalue weighted by atomic mass is 10.2. The predicted octanol–water partition coefficient (Wildman–Crippen LogP) is 0.572. The molecule has 4 nitrogen and oxygen atoms in total. The van der Waals surface area contributed by atoms with Crippen LogP contribution in [-0.4, -0.2) is 43.5 Å². The summed E-state index contributed by atoms with van der Waals surface area (Å²) in [6.07, 6.45) is 2.42. The van der Waals surface area contributed by atoms with Gasteiger partial charge in [0.05, 0.1) is 0 Å². The molecular weight excluding hydrogens is 190 g/mol. The molecule has 0 spiro atoms. The van der Waals surface area contributed by atoms with Crippen molar-refractivity contribution < 1.29 is 4.79 Å². The highest BCUT2D eigenvalue weighted by atomic mass is 16.1. The average molecular weight is 215 g/mol. The van der Waals surface area contributed by atoms with Crippen LogP contribution in [0.4, 0.5) is 0 Å². The van der Waals surface area contributed by atoms with E-state index >= 15 is 0 Å². The number of amides is 1. The molecule has 0 atom stereocenters. The number of hydrogen-bond donors (Lipinski definition) is 2. The van der Waals surface area contributed by atoms with Crippen LogP contribution in [0.5, 0.6) is 0 Å². The van der Waals surface area contributed by atoms with Crippen LogP contribution in [0.15, 0.2) is 0 Å². The molecule has 0 aliphatic heterocycles. The zero-order valence-corrected chi connectivity index (χ0v) is 10.3. The Morgan fingerprint density at radius 2 is 2.07 bits per heavy atom. The number of carbonyl (C=O) groups is 1. The predicted molar refractivity (Wildman–Crippen MR) is 63.7 cm³/mol. The number of hydrogen-bond acceptors (Lipinski definition) is 3. The van der Waals surface area contributed by atoms with Gasteiger partial charge in [-0.15, -0.1) is 0 Å². The largest absolute Gasteiger partial charge is 0.355 e. The Morgan fingerprint density at radius 1 is 1.40 bits per heavy atom. The minimum atomic E-state index is 0.139. The summed E-state index contributed by atoms with van der Waals surface area (Å²) in [6, 6.07) is 0.527. The molecule has 1 amide bonds. The molecule has 0 aliphatic carbocycles. The van der Waals surface area contributed by atoms with Gasteiger partial charge in [0.25, 0.3) is 0 Å². The summed E-state index contributed by atoms with van der Waals surface area (Å²) in [6.45, 7) is 6.59. The SMILES string of the molecule is CC(C)N(C)CCNC(=O)CCCCN. The molecule has 0 unspecified atom stereocenters. The summed E-state index contributed by atoms with van der Waals surface area (Å²) in [5.41, 5.74) is 5.35. The Labute approximate surface area is 93.2 Å². The van der Waals surface area contributed by atoms with Crippen LogP contribution in [0.25, 0.3) is 0 Å². The summed E-state index contributed by atoms with van der Waals surface area (Å²) >= 11 is 0. The Morgan fingerprint density at radius 3 is 2.60 bits per heavy atom. The first-order valence-corrected chi connectivity index (χ1v) is 5.75. The molecule has 0 saturated heterocycles. The first kappa shape index (κ1) is 14.4. The molecule has 0 aliphatic rings. The molecule has 0 fully saturated rings. The van der Waals surface area contributed by atoms with Crippen molar-refractivity contribution in [3.05, 3.63) is 0 Å². The van der Waals surface area contributed by atoms with E-state index in [4.69, 9.17) is 5.73 Å². The second-order valence-corrected chi connectivity index (χ2v) is 4.17. The fraction of sp³-hybridized carbons (Fsp3) is 0.909. The molecule has 90 valence electrons. The van der Waals surface area contributed by atoms with Crippen LogP contribution < -0.4 is 11.1 Å². The zero-order valence-electron chi connectivity index (χ0n) is 10.3.